The molecule has 0 saturated heterocycles. The highest BCUT2D eigenvalue weighted by Crippen LogP contribution is 2.30. The van der Waals surface area contributed by atoms with Crippen LogP contribution in [0.25, 0.3) is 0 Å². The van der Waals surface area contributed by atoms with Gasteiger partial charge in [-0.05, 0) is 61.0 Å². The Morgan fingerprint density at radius 2 is 1.50 bits per heavy atom. The van der Waals surface area contributed by atoms with Crippen molar-refractivity contribution in [2.45, 2.75) is 16.7 Å². The third-order valence-corrected chi connectivity index (χ3v) is 7.80. The van der Waals surface area contributed by atoms with Crippen molar-refractivity contribution in [2.24, 2.45) is 0 Å². The summed E-state index contributed by atoms with van der Waals surface area (Å²) in [4.78, 5) is -0.127. The molecule has 3 aromatic rings. The maximum absolute atomic E-state index is 12.8. The first-order valence-corrected chi connectivity index (χ1v) is 12.5. The van der Waals surface area contributed by atoms with Crippen LogP contribution in [-0.4, -0.2) is 31.1 Å². The Morgan fingerprint density at radius 1 is 0.812 bits per heavy atom. The van der Waals surface area contributed by atoms with Crippen molar-refractivity contribution in [3.05, 3.63) is 71.2 Å². The molecule has 0 spiro atoms. The lowest BCUT2D eigenvalue weighted by atomic mass is 10.2. The van der Waals surface area contributed by atoms with E-state index in [2.05, 4.69) is 9.44 Å². The first-order valence-electron chi connectivity index (χ1n) is 9.20. The fraction of sp³-hybridized carbons (Fsp3) is 0.143. The van der Waals surface area contributed by atoms with Crippen molar-refractivity contribution in [3.8, 4) is 11.5 Å². The van der Waals surface area contributed by atoms with Gasteiger partial charge in [-0.3, -0.25) is 9.44 Å². The van der Waals surface area contributed by atoms with E-state index >= 15 is 0 Å². The van der Waals surface area contributed by atoms with Crippen LogP contribution in [0.2, 0.25) is 5.02 Å². The Labute approximate surface area is 192 Å². The van der Waals surface area contributed by atoms with Crippen LogP contribution in [0.15, 0.2) is 70.5 Å². The molecule has 3 rings (SSSR count). The summed E-state index contributed by atoms with van der Waals surface area (Å²) in [7, 11) is -5.09. The summed E-state index contributed by atoms with van der Waals surface area (Å²) in [6.07, 6.45) is 0. The Hall–Kier alpha value is -2.95. The van der Waals surface area contributed by atoms with Crippen molar-refractivity contribution in [3.63, 3.8) is 0 Å². The van der Waals surface area contributed by atoms with Crippen molar-refractivity contribution in [1.82, 2.24) is 0 Å². The van der Waals surface area contributed by atoms with Crippen LogP contribution in [0, 0.1) is 6.92 Å². The second-order valence-electron chi connectivity index (χ2n) is 6.66. The second kappa shape index (κ2) is 9.27. The van der Waals surface area contributed by atoms with E-state index < -0.39 is 20.0 Å². The zero-order valence-electron chi connectivity index (χ0n) is 17.4. The van der Waals surface area contributed by atoms with Crippen LogP contribution in [0.5, 0.6) is 11.5 Å². The molecule has 0 heterocycles. The van der Waals surface area contributed by atoms with Crippen LogP contribution >= 0.6 is 11.6 Å². The van der Waals surface area contributed by atoms with E-state index in [9.17, 15) is 16.8 Å². The predicted octanol–water partition coefficient (Wildman–Crippen LogP) is 4.27. The van der Waals surface area contributed by atoms with Crippen LogP contribution in [0.4, 0.5) is 11.4 Å². The van der Waals surface area contributed by atoms with Gasteiger partial charge >= 0.3 is 0 Å². The third kappa shape index (κ3) is 5.09. The van der Waals surface area contributed by atoms with Gasteiger partial charge in [-0.2, -0.15) is 0 Å². The number of rotatable bonds is 8. The van der Waals surface area contributed by atoms with E-state index in [1.165, 1.54) is 56.7 Å². The minimum atomic E-state index is -4.00. The van der Waals surface area contributed by atoms with E-state index in [4.69, 9.17) is 21.1 Å². The molecular formula is C21H21ClN2O6S2. The molecule has 11 heteroatoms. The molecule has 0 unspecified atom stereocenters. The first kappa shape index (κ1) is 23.7. The fourth-order valence-corrected chi connectivity index (χ4v) is 5.34. The largest absolute Gasteiger partial charge is 0.497 e. The van der Waals surface area contributed by atoms with E-state index in [1.54, 1.807) is 25.1 Å². The lowest BCUT2D eigenvalue weighted by Crippen LogP contribution is -2.15. The van der Waals surface area contributed by atoms with Crippen LogP contribution in [0.1, 0.15) is 5.56 Å². The number of methoxy groups -OCH3 is 2. The Morgan fingerprint density at radius 3 is 2.12 bits per heavy atom. The molecular weight excluding hydrogens is 476 g/mol. The molecule has 0 aliphatic rings. The number of hydrogen-bond acceptors (Lipinski definition) is 6. The molecule has 8 nitrogen and oxygen atoms in total. The summed E-state index contributed by atoms with van der Waals surface area (Å²) < 4.78 is 66.1. The third-order valence-electron chi connectivity index (χ3n) is 4.59. The summed E-state index contributed by atoms with van der Waals surface area (Å²) in [6.45, 7) is 1.70. The molecule has 170 valence electrons. The van der Waals surface area contributed by atoms with E-state index in [0.29, 0.717) is 22.0 Å². The number of ether oxygens (including phenoxy) is 2. The zero-order chi connectivity index (χ0) is 23.5. The highest BCUT2D eigenvalue weighted by molar-refractivity contribution is 7.93. The SMILES string of the molecule is COc1ccc(S(=O)(=O)Nc2ccc(S(=O)(=O)Nc3cccc(Cl)c3C)cc2)c(OC)c1. The zero-order valence-corrected chi connectivity index (χ0v) is 19.8. The molecule has 0 fully saturated rings. The lowest BCUT2D eigenvalue weighted by Gasteiger charge is -2.14. The molecule has 32 heavy (non-hydrogen) atoms. The smallest absolute Gasteiger partial charge is 0.265 e. The molecule has 0 radical (unpaired) electrons. The molecule has 0 bridgehead atoms. The molecule has 3 aromatic carbocycles. The molecule has 2 N–H and O–H groups in total. The quantitative estimate of drug-likeness (QED) is 0.482. The topological polar surface area (TPSA) is 111 Å². The van der Waals surface area contributed by atoms with Gasteiger partial charge in [-0.1, -0.05) is 17.7 Å². The molecule has 0 aliphatic heterocycles. The number of halogens is 1. The summed E-state index contributed by atoms with van der Waals surface area (Å²) >= 11 is 6.04. The van der Waals surface area contributed by atoms with Gasteiger partial charge in [0.25, 0.3) is 20.0 Å². The molecule has 0 saturated carbocycles. The van der Waals surface area contributed by atoms with Gasteiger partial charge in [-0.15, -0.1) is 0 Å². The van der Waals surface area contributed by atoms with E-state index in [1.807, 2.05) is 0 Å². The van der Waals surface area contributed by atoms with Crippen LogP contribution < -0.4 is 18.9 Å². The number of nitrogens with one attached hydrogen (secondary N) is 2. The number of benzene rings is 3. The molecule has 0 amide bonds. The summed E-state index contributed by atoms with van der Waals surface area (Å²) in [5.74, 6) is 0.551. The first-order chi connectivity index (χ1) is 15.1. The van der Waals surface area contributed by atoms with Crippen LogP contribution in [-0.2, 0) is 20.0 Å². The highest BCUT2D eigenvalue weighted by atomic mass is 35.5. The van der Waals surface area contributed by atoms with Gasteiger partial charge in [0, 0.05) is 16.8 Å². The van der Waals surface area contributed by atoms with Gasteiger partial charge in [0.1, 0.15) is 16.4 Å². The Kier molecular flexibility index (Phi) is 6.87. The van der Waals surface area contributed by atoms with E-state index in [-0.39, 0.29) is 21.2 Å². The van der Waals surface area contributed by atoms with Gasteiger partial charge in [-0.25, -0.2) is 16.8 Å². The standard InChI is InChI=1S/C21H21ClN2O6S2/c1-14-18(22)5-4-6-19(14)24-31(25,26)17-10-7-15(8-11-17)23-32(27,28)21-12-9-16(29-2)13-20(21)30-3/h4-13,23-24H,1-3H3. The predicted molar refractivity (Wildman–Crippen MR) is 124 cm³/mol. The van der Waals surface area contributed by atoms with Gasteiger partial charge < -0.3 is 9.47 Å². The van der Waals surface area contributed by atoms with Gasteiger partial charge in [0.2, 0.25) is 0 Å². The molecule has 0 aromatic heterocycles. The average Bonchev–Trinajstić information content (AvgIpc) is 2.76. The van der Waals surface area contributed by atoms with Crippen molar-refractivity contribution in [1.29, 1.82) is 0 Å². The van der Waals surface area contributed by atoms with Gasteiger partial charge in [0.15, 0.2) is 0 Å². The molecule has 0 atom stereocenters. The number of anilines is 2. The maximum atomic E-state index is 12.8. The second-order valence-corrected chi connectivity index (χ2v) is 10.4. The summed E-state index contributed by atoms with van der Waals surface area (Å²) in [5, 5.41) is 0.434. The van der Waals surface area contributed by atoms with Gasteiger partial charge in [0.05, 0.1) is 24.8 Å². The monoisotopic (exact) mass is 496 g/mol. The maximum Gasteiger partial charge on any atom is 0.265 e. The van der Waals surface area contributed by atoms with Crippen molar-refractivity contribution in [2.75, 3.05) is 23.7 Å². The fourth-order valence-electron chi connectivity index (χ4n) is 2.83. The summed E-state index contributed by atoms with van der Waals surface area (Å²) in [6, 6.07) is 14.5. The van der Waals surface area contributed by atoms with Crippen molar-refractivity contribution < 1.29 is 26.3 Å². The minimum absolute atomic E-state index is 0.0400. The number of sulfonamides is 2. The highest BCUT2D eigenvalue weighted by Gasteiger charge is 2.21. The van der Waals surface area contributed by atoms with Crippen LogP contribution in [0.3, 0.4) is 0 Å². The Balaban J connectivity index is 1.83. The normalized spacial score (nSPS) is 11.6. The number of hydrogen-bond donors (Lipinski definition) is 2. The average molecular weight is 497 g/mol. The van der Waals surface area contributed by atoms with E-state index in [0.717, 1.165) is 0 Å². The molecule has 0 aliphatic carbocycles. The summed E-state index contributed by atoms with van der Waals surface area (Å²) in [5.41, 5.74) is 1.13. The lowest BCUT2D eigenvalue weighted by molar-refractivity contribution is 0.386. The minimum Gasteiger partial charge on any atom is -0.497 e. The Bertz CT molecular complexity index is 1340. The van der Waals surface area contributed by atoms with Crippen molar-refractivity contribution >= 4 is 43.0 Å².